The third kappa shape index (κ3) is 3.76. The monoisotopic (exact) mass is 185 g/mol. The number of methoxy groups -OCH3 is 2. The molecule has 0 aliphatic heterocycles. The molecule has 0 aromatic carbocycles. The van der Waals surface area contributed by atoms with Crippen molar-refractivity contribution in [2.45, 2.75) is 0 Å². The van der Waals surface area contributed by atoms with Crippen molar-refractivity contribution in [1.82, 2.24) is 0 Å². The van der Waals surface area contributed by atoms with Gasteiger partial charge in [-0.05, 0) is 0 Å². The van der Waals surface area contributed by atoms with Crippen molar-refractivity contribution in [3.8, 4) is 0 Å². The molecule has 0 amide bonds. The molecule has 0 aliphatic rings. The van der Waals surface area contributed by atoms with E-state index in [1.54, 1.807) is 0 Å². The van der Waals surface area contributed by atoms with Gasteiger partial charge < -0.3 is 14.6 Å². The van der Waals surface area contributed by atoms with Gasteiger partial charge in [0.25, 0.3) is 0 Å². The summed E-state index contributed by atoms with van der Waals surface area (Å²) in [5, 5.41) is 17.2. The molecule has 0 radical (unpaired) electrons. The Labute approximate surface area is 74.7 Å². The Bertz CT molecular complexity index is 287. The van der Waals surface area contributed by atoms with Gasteiger partial charge in [-0.2, -0.15) is 0 Å². The van der Waals surface area contributed by atoms with Gasteiger partial charge in [-0.25, -0.2) is 4.79 Å². The highest BCUT2D eigenvalue weighted by Crippen LogP contribution is 2.05. The van der Waals surface area contributed by atoms with E-state index < -0.39 is 11.9 Å². The minimum absolute atomic E-state index is 0.270. The lowest BCUT2D eigenvalue weighted by Gasteiger charge is -1.89. The third-order valence-electron chi connectivity index (χ3n) is 1.10. The average Bonchev–Trinajstić information content (AvgIpc) is 2.17. The van der Waals surface area contributed by atoms with E-state index in [0.29, 0.717) is 0 Å². The zero-order valence-electron chi connectivity index (χ0n) is 7.22. The predicted octanol–water partition coefficient (Wildman–Crippen LogP) is 0.942. The van der Waals surface area contributed by atoms with Gasteiger partial charge in [-0.15, -0.1) is 0 Å². The average molecular weight is 185 g/mol. The molecule has 0 saturated carbocycles. The van der Waals surface area contributed by atoms with Gasteiger partial charge in [0, 0.05) is 12.2 Å². The lowest BCUT2D eigenvalue weighted by atomic mass is 10.4. The largest absolute Gasteiger partial charge is 0.475 e. The van der Waals surface area contributed by atoms with Gasteiger partial charge in [0.15, 0.2) is 4.98 Å². The van der Waals surface area contributed by atoms with E-state index in [4.69, 9.17) is 10.5 Å². The van der Waals surface area contributed by atoms with E-state index >= 15 is 0 Å². The van der Waals surface area contributed by atoms with Gasteiger partial charge in [-0.1, -0.05) is 0 Å². The van der Waals surface area contributed by atoms with Gasteiger partial charge in [0.2, 0.25) is 5.39 Å². The maximum atomic E-state index is 10.6. The van der Waals surface area contributed by atoms with Crippen molar-refractivity contribution in [1.29, 1.82) is 5.39 Å². The molecule has 0 bridgehead atoms. The second-order valence-corrected chi connectivity index (χ2v) is 1.85. The van der Waals surface area contributed by atoms with Crippen LogP contribution in [0.4, 0.5) is 0 Å². The number of ether oxygens (including phenoxy) is 2. The number of carbonyl (C=O) groups excluding carboxylic acids is 1. The molecule has 0 heterocycles. The van der Waals surface area contributed by atoms with Crippen molar-refractivity contribution in [3.05, 3.63) is 28.8 Å². The number of aliphatic hydroxyl groups is 1. The Hall–Kier alpha value is -2.03. The molecule has 0 aromatic heterocycles. The van der Waals surface area contributed by atoms with E-state index in [9.17, 15) is 4.79 Å². The van der Waals surface area contributed by atoms with Crippen molar-refractivity contribution in [2.75, 3.05) is 14.2 Å². The van der Waals surface area contributed by atoms with Crippen LogP contribution >= 0.6 is 0 Å². The van der Waals surface area contributed by atoms with Crippen LogP contribution in [0.1, 0.15) is 0 Å². The van der Waals surface area contributed by atoms with E-state index in [0.717, 1.165) is 12.2 Å². The standard InChI is InChI=1S/C7H8N2O4/c1-12-6(10)4-3-5(9-8)7(11)13-2/h3-4H,1-2H3/p+1. The molecule has 13 heavy (non-hydrogen) atoms. The minimum Gasteiger partial charge on any atom is -0.475 e. The van der Waals surface area contributed by atoms with Gasteiger partial charge in [0.1, 0.15) is 0 Å². The summed E-state index contributed by atoms with van der Waals surface area (Å²) in [6.45, 7) is 0. The summed E-state index contributed by atoms with van der Waals surface area (Å²) in [4.78, 5) is 13.2. The molecule has 0 spiro atoms. The maximum absolute atomic E-state index is 10.6. The smallest absolute Gasteiger partial charge is 0.464 e. The summed E-state index contributed by atoms with van der Waals surface area (Å²) >= 11 is 0. The number of hydrogen-bond donors (Lipinski definition) is 1. The fraction of sp³-hybridized carbons (Fsp3) is 0.286. The summed E-state index contributed by atoms with van der Waals surface area (Å²) in [5.41, 5.74) is -0.270. The summed E-state index contributed by atoms with van der Waals surface area (Å²) in [6.07, 6.45) is 2.02. The highest BCUT2D eigenvalue weighted by atomic mass is 16.6. The van der Waals surface area contributed by atoms with Crippen LogP contribution in [0.3, 0.4) is 0 Å². The number of nitrogens with zero attached hydrogens (tertiary/aromatic N) is 2. The fourth-order valence-corrected chi connectivity index (χ4v) is 0.467. The molecule has 0 fully saturated rings. The molecule has 0 aliphatic carbocycles. The van der Waals surface area contributed by atoms with Crippen LogP contribution in [-0.2, 0) is 14.3 Å². The maximum Gasteiger partial charge on any atom is 0.464 e. The molecular formula is C7H9N2O4+. The Balaban J connectivity index is 4.59. The van der Waals surface area contributed by atoms with Crippen molar-refractivity contribution in [3.63, 3.8) is 0 Å². The zero-order valence-corrected chi connectivity index (χ0v) is 7.22. The van der Waals surface area contributed by atoms with Gasteiger partial charge in [0.05, 0.1) is 14.2 Å². The van der Waals surface area contributed by atoms with E-state index in [1.165, 1.54) is 14.2 Å². The molecule has 70 valence electrons. The molecule has 6 nitrogen and oxygen atoms in total. The Morgan fingerprint density at radius 1 is 1.38 bits per heavy atom. The summed E-state index contributed by atoms with van der Waals surface area (Å²) in [6, 6.07) is 0. The summed E-state index contributed by atoms with van der Waals surface area (Å²) in [5.74, 6) is -1.23. The second-order valence-electron chi connectivity index (χ2n) is 1.85. The van der Waals surface area contributed by atoms with Crippen molar-refractivity contribution >= 4 is 5.97 Å². The Kier molecular flexibility index (Phi) is 4.72. The first-order chi connectivity index (χ1) is 6.15. The Morgan fingerprint density at radius 3 is 2.38 bits per heavy atom. The molecule has 0 aromatic rings. The SMILES string of the molecule is COC(=O)/C=C/C([N+]#N)=C(\O)OC. The van der Waals surface area contributed by atoms with Crippen LogP contribution in [0.15, 0.2) is 23.8 Å². The molecule has 0 atom stereocenters. The number of carbonyl (C=O) groups is 1. The van der Waals surface area contributed by atoms with Gasteiger partial charge >= 0.3 is 17.6 Å². The molecule has 0 saturated heterocycles. The van der Waals surface area contributed by atoms with Crippen LogP contribution in [0, 0.1) is 5.39 Å². The van der Waals surface area contributed by atoms with Crippen LogP contribution in [0.5, 0.6) is 0 Å². The molecule has 6 heteroatoms. The van der Waals surface area contributed by atoms with E-state index in [1.807, 2.05) is 0 Å². The fourth-order valence-electron chi connectivity index (χ4n) is 0.467. The number of esters is 1. The number of diazo groups is 1. The molecule has 0 unspecified atom stereocenters. The number of rotatable bonds is 3. The quantitative estimate of drug-likeness (QED) is 0.232. The normalized spacial score (nSPS) is 11.8. The number of hydrogen-bond acceptors (Lipinski definition) is 5. The molecular weight excluding hydrogens is 176 g/mol. The predicted molar refractivity (Wildman–Crippen MR) is 42.9 cm³/mol. The number of aliphatic hydroxyl groups excluding tert-OH is 1. The first-order valence-electron chi connectivity index (χ1n) is 3.24. The van der Waals surface area contributed by atoms with Crippen LogP contribution in [-0.4, -0.2) is 25.3 Å². The molecule has 0 rings (SSSR count). The Morgan fingerprint density at radius 2 is 2.00 bits per heavy atom. The van der Waals surface area contributed by atoms with Crippen molar-refractivity contribution in [2.24, 2.45) is 0 Å². The third-order valence-corrected chi connectivity index (χ3v) is 1.10. The van der Waals surface area contributed by atoms with Crippen LogP contribution < -0.4 is 0 Å². The van der Waals surface area contributed by atoms with Crippen molar-refractivity contribution < 1.29 is 19.4 Å². The molecule has 1 N–H and O–H groups in total. The van der Waals surface area contributed by atoms with E-state index in [2.05, 4.69) is 14.4 Å². The van der Waals surface area contributed by atoms with E-state index in [-0.39, 0.29) is 5.70 Å². The number of allylic oxidation sites excluding steroid dienone is 1. The highest BCUT2D eigenvalue weighted by Gasteiger charge is 2.16. The zero-order chi connectivity index (χ0) is 10.3. The second kappa shape index (κ2) is 5.60. The summed E-state index contributed by atoms with van der Waals surface area (Å²) in [7, 11) is 2.38. The first-order valence-corrected chi connectivity index (χ1v) is 3.24. The van der Waals surface area contributed by atoms with Crippen LogP contribution in [0.2, 0.25) is 0 Å². The van der Waals surface area contributed by atoms with Crippen LogP contribution in [0.25, 0.3) is 4.98 Å². The topological polar surface area (TPSA) is 83.9 Å². The minimum atomic E-state index is -0.634. The highest BCUT2D eigenvalue weighted by molar-refractivity contribution is 5.82. The lowest BCUT2D eigenvalue weighted by Crippen LogP contribution is -1.94. The summed E-state index contributed by atoms with van der Waals surface area (Å²) < 4.78 is 8.61. The first kappa shape index (κ1) is 11.0. The van der Waals surface area contributed by atoms with Gasteiger partial charge in [-0.3, -0.25) is 0 Å². The lowest BCUT2D eigenvalue weighted by molar-refractivity contribution is -0.134.